The van der Waals surface area contributed by atoms with Crippen LogP contribution in [0, 0.1) is 12.8 Å². The molecule has 1 aliphatic rings. The summed E-state index contributed by atoms with van der Waals surface area (Å²) in [7, 11) is 0. The molecule has 5 heteroatoms. The van der Waals surface area contributed by atoms with E-state index in [0.717, 1.165) is 41.4 Å². The number of aryl methyl sites for hydroxylation is 1. The minimum atomic E-state index is 0. The van der Waals surface area contributed by atoms with Crippen LogP contribution in [0.4, 0.5) is 5.69 Å². The van der Waals surface area contributed by atoms with Crippen LogP contribution in [-0.4, -0.2) is 11.9 Å². The molecule has 19 heavy (non-hydrogen) atoms. The van der Waals surface area contributed by atoms with Crippen molar-refractivity contribution in [2.45, 2.75) is 38.6 Å². The molecule has 0 bridgehead atoms. The van der Waals surface area contributed by atoms with Gasteiger partial charge in [-0.15, -0.1) is 12.4 Å². The number of anilines is 1. The minimum absolute atomic E-state index is 0. The molecule has 0 saturated heterocycles. The van der Waals surface area contributed by atoms with Gasteiger partial charge in [-0.3, -0.25) is 4.79 Å². The maximum Gasteiger partial charge on any atom is 0.227 e. The average molecular weight is 348 g/mol. The van der Waals surface area contributed by atoms with Gasteiger partial charge < -0.3 is 11.1 Å². The third kappa shape index (κ3) is 4.48. The molecule has 1 aliphatic carbocycles. The smallest absolute Gasteiger partial charge is 0.227 e. The number of benzene rings is 1. The summed E-state index contributed by atoms with van der Waals surface area (Å²) < 4.78 is 0.976. The topological polar surface area (TPSA) is 55.1 Å². The van der Waals surface area contributed by atoms with Crippen molar-refractivity contribution >= 4 is 39.9 Å². The van der Waals surface area contributed by atoms with Gasteiger partial charge in [0.15, 0.2) is 0 Å². The number of nitrogens with two attached hydrogens (primary N) is 1. The molecule has 3 nitrogen and oxygen atoms in total. The second-order valence-electron chi connectivity index (χ2n) is 5.07. The summed E-state index contributed by atoms with van der Waals surface area (Å²) in [4.78, 5) is 12.2. The molecule has 1 aromatic carbocycles. The highest BCUT2D eigenvalue weighted by Crippen LogP contribution is 2.26. The molecular weight excluding hydrogens is 328 g/mol. The zero-order valence-electron chi connectivity index (χ0n) is 11.0. The Morgan fingerprint density at radius 2 is 2.16 bits per heavy atom. The van der Waals surface area contributed by atoms with Crippen LogP contribution >= 0.6 is 28.3 Å². The van der Waals surface area contributed by atoms with E-state index in [1.165, 1.54) is 0 Å². The van der Waals surface area contributed by atoms with Crippen molar-refractivity contribution in [2.24, 2.45) is 11.7 Å². The van der Waals surface area contributed by atoms with Crippen molar-refractivity contribution in [3.8, 4) is 0 Å². The summed E-state index contributed by atoms with van der Waals surface area (Å²) in [5, 5.41) is 3.02. The zero-order chi connectivity index (χ0) is 13.1. The van der Waals surface area contributed by atoms with Crippen molar-refractivity contribution in [3.63, 3.8) is 0 Å². The summed E-state index contributed by atoms with van der Waals surface area (Å²) in [5.74, 6) is 0.165. The predicted molar refractivity (Wildman–Crippen MR) is 84.7 cm³/mol. The number of halogens is 2. The fourth-order valence-electron chi connectivity index (χ4n) is 2.43. The summed E-state index contributed by atoms with van der Waals surface area (Å²) in [6.45, 7) is 1.99. The molecule has 1 fully saturated rings. The number of carbonyl (C=O) groups excluding carboxylic acids is 1. The zero-order valence-corrected chi connectivity index (χ0v) is 13.4. The van der Waals surface area contributed by atoms with Crippen LogP contribution < -0.4 is 11.1 Å². The molecular formula is C14H20BrClN2O. The monoisotopic (exact) mass is 346 g/mol. The average Bonchev–Trinajstić information content (AvgIpc) is 2.34. The predicted octanol–water partition coefficient (Wildman–Crippen LogP) is 3.64. The van der Waals surface area contributed by atoms with Gasteiger partial charge in [-0.2, -0.15) is 0 Å². The van der Waals surface area contributed by atoms with E-state index in [4.69, 9.17) is 5.73 Å². The molecule has 1 amide bonds. The lowest BCUT2D eigenvalue weighted by Gasteiger charge is -2.25. The molecule has 0 aliphatic heterocycles. The van der Waals surface area contributed by atoms with Gasteiger partial charge in [-0.05, 0) is 43.9 Å². The number of rotatable bonds is 2. The number of carbonyl (C=O) groups is 1. The van der Waals surface area contributed by atoms with Crippen LogP contribution in [0.15, 0.2) is 22.7 Å². The van der Waals surface area contributed by atoms with Gasteiger partial charge in [0, 0.05) is 22.1 Å². The Morgan fingerprint density at radius 1 is 1.42 bits per heavy atom. The SMILES string of the molecule is Cc1ccc(Br)cc1NC(=O)C1CCCC(N)C1.Cl. The molecule has 0 spiro atoms. The molecule has 0 radical (unpaired) electrons. The molecule has 0 heterocycles. The maximum atomic E-state index is 12.2. The van der Waals surface area contributed by atoms with Gasteiger partial charge in [0.05, 0.1) is 0 Å². The Hall–Kier alpha value is -0.580. The first kappa shape index (κ1) is 16.5. The molecule has 1 aromatic rings. The van der Waals surface area contributed by atoms with E-state index in [1.807, 2.05) is 25.1 Å². The summed E-state index contributed by atoms with van der Waals surface area (Å²) >= 11 is 3.42. The Bertz CT molecular complexity index is 453. The Morgan fingerprint density at radius 3 is 2.84 bits per heavy atom. The van der Waals surface area contributed by atoms with Gasteiger partial charge >= 0.3 is 0 Å². The molecule has 3 N–H and O–H groups in total. The van der Waals surface area contributed by atoms with Gasteiger partial charge in [0.2, 0.25) is 5.91 Å². The minimum Gasteiger partial charge on any atom is -0.328 e. The largest absolute Gasteiger partial charge is 0.328 e. The van der Waals surface area contributed by atoms with Crippen molar-refractivity contribution < 1.29 is 4.79 Å². The third-order valence-electron chi connectivity index (χ3n) is 3.54. The lowest BCUT2D eigenvalue weighted by Crippen LogP contribution is -2.34. The van der Waals surface area contributed by atoms with Crippen LogP contribution in [0.2, 0.25) is 0 Å². The highest BCUT2D eigenvalue weighted by atomic mass is 79.9. The number of amides is 1. The standard InChI is InChI=1S/C14H19BrN2O.ClH/c1-9-5-6-11(15)8-13(9)17-14(18)10-3-2-4-12(16)7-10;/h5-6,8,10,12H,2-4,7,16H2,1H3,(H,17,18);1H. The Kier molecular flexibility index (Phi) is 6.30. The van der Waals surface area contributed by atoms with Crippen LogP contribution in [-0.2, 0) is 4.79 Å². The van der Waals surface area contributed by atoms with Crippen molar-refractivity contribution in [3.05, 3.63) is 28.2 Å². The Labute approximate surface area is 128 Å². The maximum absolute atomic E-state index is 12.2. The quantitative estimate of drug-likeness (QED) is 0.858. The van der Waals surface area contributed by atoms with E-state index in [9.17, 15) is 4.79 Å². The lowest BCUT2D eigenvalue weighted by atomic mass is 9.85. The van der Waals surface area contributed by atoms with Gasteiger partial charge in [-0.1, -0.05) is 28.4 Å². The van der Waals surface area contributed by atoms with E-state index in [-0.39, 0.29) is 30.3 Å². The molecule has 2 rings (SSSR count). The third-order valence-corrected chi connectivity index (χ3v) is 4.04. The van der Waals surface area contributed by atoms with Gasteiger partial charge in [0.25, 0.3) is 0 Å². The summed E-state index contributed by atoms with van der Waals surface area (Å²) in [5.41, 5.74) is 7.88. The van der Waals surface area contributed by atoms with E-state index in [0.29, 0.717) is 0 Å². The second kappa shape index (κ2) is 7.27. The molecule has 106 valence electrons. The van der Waals surface area contributed by atoms with E-state index in [2.05, 4.69) is 21.2 Å². The molecule has 2 unspecified atom stereocenters. The van der Waals surface area contributed by atoms with Crippen LogP contribution in [0.25, 0.3) is 0 Å². The first-order valence-corrected chi connectivity index (χ1v) is 7.18. The van der Waals surface area contributed by atoms with Crippen LogP contribution in [0.3, 0.4) is 0 Å². The van der Waals surface area contributed by atoms with Gasteiger partial charge in [0.1, 0.15) is 0 Å². The Balaban J connectivity index is 0.00000180. The fourth-order valence-corrected chi connectivity index (χ4v) is 2.79. The lowest BCUT2D eigenvalue weighted by molar-refractivity contribution is -0.120. The van der Waals surface area contributed by atoms with Crippen molar-refractivity contribution in [1.82, 2.24) is 0 Å². The fraction of sp³-hybridized carbons (Fsp3) is 0.500. The van der Waals surface area contributed by atoms with Crippen molar-refractivity contribution in [2.75, 3.05) is 5.32 Å². The second-order valence-corrected chi connectivity index (χ2v) is 5.99. The number of hydrogen-bond acceptors (Lipinski definition) is 2. The first-order valence-electron chi connectivity index (χ1n) is 6.39. The van der Waals surface area contributed by atoms with Crippen LogP contribution in [0.5, 0.6) is 0 Å². The van der Waals surface area contributed by atoms with Gasteiger partial charge in [-0.25, -0.2) is 0 Å². The van der Waals surface area contributed by atoms with Crippen LogP contribution in [0.1, 0.15) is 31.2 Å². The first-order chi connectivity index (χ1) is 8.56. The number of hydrogen-bond donors (Lipinski definition) is 2. The molecule has 2 atom stereocenters. The van der Waals surface area contributed by atoms with Crippen molar-refractivity contribution in [1.29, 1.82) is 0 Å². The van der Waals surface area contributed by atoms with E-state index in [1.54, 1.807) is 0 Å². The van der Waals surface area contributed by atoms with E-state index >= 15 is 0 Å². The summed E-state index contributed by atoms with van der Waals surface area (Å²) in [6, 6.07) is 6.09. The molecule has 1 saturated carbocycles. The number of nitrogens with one attached hydrogen (secondary N) is 1. The summed E-state index contributed by atoms with van der Waals surface area (Å²) in [6.07, 6.45) is 3.85. The molecule has 0 aromatic heterocycles. The highest BCUT2D eigenvalue weighted by molar-refractivity contribution is 9.10. The highest BCUT2D eigenvalue weighted by Gasteiger charge is 2.25. The normalized spacial score (nSPS) is 22.5. The van der Waals surface area contributed by atoms with E-state index < -0.39 is 0 Å².